The molecule has 0 saturated carbocycles. The molecule has 0 radical (unpaired) electrons. The van der Waals surface area contributed by atoms with E-state index in [1.807, 2.05) is 26.8 Å². The second-order valence-corrected chi connectivity index (χ2v) is 8.23. The topological polar surface area (TPSA) is 116 Å². The Morgan fingerprint density at radius 2 is 1.81 bits per heavy atom. The molecule has 0 unspecified atom stereocenters. The lowest BCUT2D eigenvalue weighted by atomic mass is 10.1. The fourth-order valence-electron chi connectivity index (χ4n) is 3.27. The van der Waals surface area contributed by atoms with Crippen molar-refractivity contribution < 1.29 is 23.8 Å². The van der Waals surface area contributed by atoms with Gasteiger partial charge in [-0.3, -0.25) is 9.78 Å². The SMILES string of the molecule is COc1cc(N)c(C(=O)Nc2cnc3c(c2)CN(C(=O)OC(C)(C)C)CC3)cc1OC. The van der Waals surface area contributed by atoms with E-state index >= 15 is 0 Å². The highest BCUT2D eigenvalue weighted by molar-refractivity contribution is 6.08. The van der Waals surface area contributed by atoms with Crippen molar-refractivity contribution in [2.75, 3.05) is 31.8 Å². The van der Waals surface area contributed by atoms with Crippen LogP contribution in [0.2, 0.25) is 0 Å². The van der Waals surface area contributed by atoms with E-state index in [4.69, 9.17) is 19.9 Å². The number of ether oxygens (including phenoxy) is 3. The van der Waals surface area contributed by atoms with Crippen molar-refractivity contribution in [2.45, 2.75) is 39.3 Å². The quantitative estimate of drug-likeness (QED) is 0.718. The molecule has 1 aliphatic heterocycles. The van der Waals surface area contributed by atoms with Gasteiger partial charge in [0.25, 0.3) is 5.91 Å². The van der Waals surface area contributed by atoms with Crippen LogP contribution in [0.4, 0.5) is 16.2 Å². The summed E-state index contributed by atoms with van der Waals surface area (Å²) >= 11 is 0. The fourth-order valence-corrected chi connectivity index (χ4v) is 3.27. The van der Waals surface area contributed by atoms with Gasteiger partial charge in [0.2, 0.25) is 0 Å². The molecule has 166 valence electrons. The number of amides is 2. The lowest BCUT2D eigenvalue weighted by Crippen LogP contribution is -2.40. The molecule has 2 amide bonds. The van der Waals surface area contributed by atoms with Crippen molar-refractivity contribution in [2.24, 2.45) is 0 Å². The molecule has 2 heterocycles. The molecule has 31 heavy (non-hydrogen) atoms. The normalized spacial score (nSPS) is 13.3. The predicted molar refractivity (Wildman–Crippen MR) is 116 cm³/mol. The minimum Gasteiger partial charge on any atom is -0.493 e. The fraction of sp³-hybridized carbons (Fsp3) is 0.409. The number of nitrogen functional groups attached to an aromatic ring is 1. The number of pyridine rings is 1. The van der Waals surface area contributed by atoms with Crippen molar-refractivity contribution in [1.82, 2.24) is 9.88 Å². The summed E-state index contributed by atoms with van der Waals surface area (Å²) in [5, 5.41) is 2.81. The zero-order valence-corrected chi connectivity index (χ0v) is 18.4. The van der Waals surface area contributed by atoms with Crippen LogP contribution in [-0.2, 0) is 17.7 Å². The van der Waals surface area contributed by atoms with Crippen LogP contribution in [0.15, 0.2) is 24.4 Å². The van der Waals surface area contributed by atoms with E-state index < -0.39 is 11.5 Å². The van der Waals surface area contributed by atoms with E-state index in [1.165, 1.54) is 26.4 Å². The van der Waals surface area contributed by atoms with E-state index in [9.17, 15) is 9.59 Å². The number of carbonyl (C=O) groups excluding carboxylic acids is 2. The van der Waals surface area contributed by atoms with Crippen LogP contribution in [0.5, 0.6) is 11.5 Å². The third-order valence-corrected chi connectivity index (χ3v) is 4.75. The predicted octanol–water partition coefficient (Wildman–Crippen LogP) is 3.23. The first-order chi connectivity index (χ1) is 14.6. The van der Waals surface area contributed by atoms with E-state index in [-0.39, 0.29) is 17.3 Å². The van der Waals surface area contributed by atoms with Gasteiger partial charge in [-0.2, -0.15) is 0 Å². The standard InChI is InChI=1S/C22H28N4O5/c1-22(2,3)31-21(28)26-7-6-17-13(12-26)8-14(11-24-17)25-20(27)15-9-18(29-4)19(30-5)10-16(15)23/h8-11H,6-7,12,23H2,1-5H3,(H,25,27). The number of hydrogen-bond donors (Lipinski definition) is 2. The lowest BCUT2D eigenvalue weighted by Gasteiger charge is -2.31. The van der Waals surface area contributed by atoms with Gasteiger partial charge < -0.3 is 30.2 Å². The summed E-state index contributed by atoms with van der Waals surface area (Å²) in [6.07, 6.45) is 1.84. The second-order valence-electron chi connectivity index (χ2n) is 8.23. The number of benzene rings is 1. The Bertz CT molecular complexity index is 1000. The van der Waals surface area contributed by atoms with Crippen LogP contribution in [0.1, 0.15) is 42.4 Å². The van der Waals surface area contributed by atoms with Crippen LogP contribution in [0.3, 0.4) is 0 Å². The van der Waals surface area contributed by atoms with Gasteiger partial charge >= 0.3 is 6.09 Å². The molecule has 3 N–H and O–H groups in total. The number of aromatic nitrogens is 1. The molecule has 1 aromatic carbocycles. The molecule has 3 rings (SSSR count). The Balaban J connectivity index is 1.77. The highest BCUT2D eigenvalue weighted by Crippen LogP contribution is 2.32. The maximum Gasteiger partial charge on any atom is 0.410 e. The first-order valence-corrected chi connectivity index (χ1v) is 9.90. The smallest absolute Gasteiger partial charge is 0.410 e. The van der Waals surface area contributed by atoms with Gasteiger partial charge in [0.1, 0.15) is 5.60 Å². The molecule has 0 bridgehead atoms. The lowest BCUT2D eigenvalue weighted by molar-refractivity contribution is 0.0222. The summed E-state index contributed by atoms with van der Waals surface area (Å²) in [6, 6.07) is 4.88. The molecular formula is C22H28N4O5. The monoisotopic (exact) mass is 428 g/mol. The number of carbonyl (C=O) groups is 2. The maximum atomic E-state index is 12.8. The van der Waals surface area contributed by atoms with Gasteiger partial charge in [-0.1, -0.05) is 0 Å². The highest BCUT2D eigenvalue weighted by atomic mass is 16.6. The largest absolute Gasteiger partial charge is 0.493 e. The number of rotatable bonds is 4. The minimum atomic E-state index is -0.565. The molecule has 0 saturated heterocycles. The molecule has 1 aromatic heterocycles. The van der Waals surface area contributed by atoms with Crippen LogP contribution < -0.4 is 20.5 Å². The number of hydrogen-bond acceptors (Lipinski definition) is 7. The summed E-state index contributed by atoms with van der Waals surface area (Å²) in [7, 11) is 2.98. The first-order valence-electron chi connectivity index (χ1n) is 9.90. The van der Waals surface area contributed by atoms with Crippen LogP contribution in [-0.4, -0.2) is 48.2 Å². The Morgan fingerprint density at radius 1 is 1.13 bits per heavy atom. The zero-order valence-electron chi connectivity index (χ0n) is 18.4. The average molecular weight is 428 g/mol. The van der Waals surface area contributed by atoms with Gasteiger partial charge in [0, 0.05) is 30.4 Å². The number of nitrogens with one attached hydrogen (secondary N) is 1. The van der Waals surface area contributed by atoms with E-state index in [0.717, 1.165) is 11.3 Å². The third kappa shape index (κ3) is 5.17. The van der Waals surface area contributed by atoms with Crippen molar-refractivity contribution in [1.29, 1.82) is 0 Å². The van der Waals surface area contributed by atoms with Crippen molar-refractivity contribution in [3.63, 3.8) is 0 Å². The third-order valence-electron chi connectivity index (χ3n) is 4.75. The molecule has 9 nitrogen and oxygen atoms in total. The summed E-state index contributed by atoms with van der Waals surface area (Å²) in [4.78, 5) is 31.3. The van der Waals surface area contributed by atoms with Crippen LogP contribution in [0.25, 0.3) is 0 Å². The Hall–Kier alpha value is -3.49. The second kappa shape index (κ2) is 8.71. The summed E-state index contributed by atoms with van der Waals surface area (Å²) < 4.78 is 15.9. The molecule has 9 heteroatoms. The van der Waals surface area contributed by atoms with E-state index in [2.05, 4.69) is 10.3 Å². The Kier molecular flexibility index (Phi) is 6.24. The van der Waals surface area contributed by atoms with Crippen molar-refractivity contribution in [3.05, 3.63) is 41.2 Å². The van der Waals surface area contributed by atoms with Gasteiger partial charge in [-0.25, -0.2) is 4.79 Å². The molecular weight excluding hydrogens is 400 g/mol. The van der Waals surface area contributed by atoms with Gasteiger partial charge in [-0.05, 0) is 38.5 Å². The minimum absolute atomic E-state index is 0.255. The Labute approximate surface area is 181 Å². The zero-order chi connectivity index (χ0) is 22.8. The number of fused-ring (bicyclic) bond motifs is 1. The molecule has 1 aliphatic rings. The highest BCUT2D eigenvalue weighted by Gasteiger charge is 2.26. The molecule has 2 aromatic rings. The first kappa shape index (κ1) is 22.2. The van der Waals surface area contributed by atoms with Crippen molar-refractivity contribution in [3.8, 4) is 11.5 Å². The van der Waals surface area contributed by atoms with Crippen molar-refractivity contribution >= 4 is 23.4 Å². The molecule has 0 aliphatic carbocycles. The average Bonchev–Trinajstić information content (AvgIpc) is 2.71. The van der Waals surface area contributed by atoms with Gasteiger partial charge in [0.15, 0.2) is 11.5 Å². The number of nitrogens with two attached hydrogens (primary N) is 1. The maximum absolute atomic E-state index is 12.8. The molecule has 0 fully saturated rings. The number of anilines is 2. The molecule has 0 spiro atoms. The number of nitrogens with zero attached hydrogens (tertiary/aromatic N) is 2. The van der Waals surface area contributed by atoms with Crippen LogP contribution in [0, 0.1) is 0 Å². The molecule has 0 atom stereocenters. The van der Waals surface area contributed by atoms with Gasteiger partial charge in [0.05, 0.1) is 38.2 Å². The van der Waals surface area contributed by atoms with Crippen LogP contribution >= 0.6 is 0 Å². The summed E-state index contributed by atoms with van der Waals surface area (Å²) in [5.41, 5.74) is 8.22. The summed E-state index contributed by atoms with van der Waals surface area (Å²) in [6.45, 7) is 6.38. The summed E-state index contributed by atoms with van der Waals surface area (Å²) in [5.74, 6) is 0.438. The van der Waals surface area contributed by atoms with E-state index in [0.29, 0.717) is 36.7 Å². The van der Waals surface area contributed by atoms with Gasteiger partial charge in [-0.15, -0.1) is 0 Å². The number of methoxy groups -OCH3 is 2. The Morgan fingerprint density at radius 3 is 2.45 bits per heavy atom. The van der Waals surface area contributed by atoms with E-state index in [1.54, 1.807) is 11.1 Å².